The topological polar surface area (TPSA) is 72.2 Å². The summed E-state index contributed by atoms with van der Waals surface area (Å²) in [5.74, 6) is 1.45. The number of anilines is 1. The van der Waals surface area contributed by atoms with E-state index in [9.17, 15) is 0 Å². The molecule has 0 unspecified atom stereocenters. The molecule has 0 aliphatic heterocycles. The standard InChI is InChI=1S/C14H11ClN4OS2/c15-8-1-3-9(4-2-8)20-10-5-6-11-12(7-10)22-14(17-11)19-18-13(16)21/h1-7H,(H,17,19)(H3,16,18,21). The van der Waals surface area contributed by atoms with Crippen molar-refractivity contribution in [3.63, 3.8) is 0 Å². The fourth-order valence-corrected chi connectivity index (χ4v) is 2.80. The highest BCUT2D eigenvalue weighted by molar-refractivity contribution is 7.80. The second kappa shape index (κ2) is 6.35. The molecule has 4 N–H and O–H groups in total. The number of ether oxygens (including phenoxy) is 1. The van der Waals surface area contributed by atoms with Crippen molar-refractivity contribution in [1.29, 1.82) is 0 Å². The summed E-state index contributed by atoms with van der Waals surface area (Å²) in [6.45, 7) is 0. The molecule has 2 aromatic carbocycles. The Morgan fingerprint density at radius 2 is 1.91 bits per heavy atom. The average Bonchev–Trinajstić information content (AvgIpc) is 2.90. The van der Waals surface area contributed by atoms with E-state index >= 15 is 0 Å². The van der Waals surface area contributed by atoms with Crippen LogP contribution in [-0.4, -0.2) is 10.1 Å². The molecule has 112 valence electrons. The van der Waals surface area contributed by atoms with Gasteiger partial charge in [-0.2, -0.15) is 0 Å². The number of aromatic nitrogens is 1. The SMILES string of the molecule is NC(=S)NNc1nc2ccc(Oc3ccc(Cl)cc3)cc2s1. The Kier molecular flexibility index (Phi) is 4.28. The Morgan fingerprint density at radius 3 is 2.64 bits per heavy atom. The van der Waals surface area contributed by atoms with Gasteiger partial charge in [0.05, 0.1) is 10.2 Å². The van der Waals surface area contributed by atoms with Crippen LogP contribution in [0.1, 0.15) is 0 Å². The summed E-state index contributed by atoms with van der Waals surface area (Å²) in [7, 11) is 0. The molecule has 0 radical (unpaired) electrons. The summed E-state index contributed by atoms with van der Waals surface area (Å²) in [5.41, 5.74) is 11.7. The van der Waals surface area contributed by atoms with E-state index in [-0.39, 0.29) is 5.11 Å². The molecule has 0 fully saturated rings. The van der Waals surface area contributed by atoms with Gasteiger partial charge in [-0.15, -0.1) is 0 Å². The first-order valence-corrected chi connectivity index (χ1v) is 7.86. The third-order valence-electron chi connectivity index (χ3n) is 2.70. The zero-order valence-corrected chi connectivity index (χ0v) is 13.6. The second-order valence-corrected chi connectivity index (χ2v) is 6.23. The van der Waals surface area contributed by atoms with E-state index in [2.05, 4.69) is 15.8 Å². The lowest BCUT2D eigenvalue weighted by Crippen LogP contribution is -2.33. The first-order valence-electron chi connectivity index (χ1n) is 6.25. The van der Waals surface area contributed by atoms with Crippen LogP contribution in [0.25, 0.3) is 10.2 Å². The molecule has 0 aliphatic carbocycles. The Balaban J connectivity index is 1.80. The minimum Gasteiger partial charge on any atom is -0.457 e. The molecule has 1 aromatic heterocycles. The minimum atomic E-state index is 0.158. The number of hydrogen-bond acceptors (Lipinski definition) is 5. The van der Waals surface area contributed by atoms with E-state index in [1.807, 2.05) is 30.3 Å². The maximum Gasteiger partial charge on any atom is 0.202 e. The molecule has 22 heavy (non-hydrogen) atoms. The lowest BCUT2D eigenvalue weighted by atomic mass is 10.3. The number of benzene rings is 2. The number of nitrogens with one attached hydrogen (secondary N) is 2. The first-order chi connectivity index (χ1) is 10.6. The van der Waals surface area contributed by atoms with Crippen molar-refractivity contribution in [1.82, 2.24) is 10.4 Å². The molecule has 0 aliphatic rings. The molecule has 0 saturated heterocycles. The van der Waals surface area contributed by atoms with Crippen LogP contribution in [0.3, 0.4) is 0 Å². The van der Waals surface area contributed by atoms with Crippen molar-refractivity contribution >= 4 is 55.6 Å². The molecular formula is C14H11ClN4OS2. The van der Waals surface area contributed by atoms with Crippen LogP contribution < -0.4 is 21.3 Å². The molecular weight excluding hydrogens is 340 g/mol. The number of thiocarbonyl (C=S) groups is 1. The van der Waals surface area contributed by atoms with Gasteiger partial charge >= 0.3 is 0 Å². The summed E-state index contributed by atoms with van der Waals surface area (Å²) in [4.78, 5) is 4.40. The van der Waals surface area contributed by atoms with E-state index < -0.39 is 0 Å². The number of hydrazine groups is 1. The number of rotatable bonds is 4. The highest BCUT2D eigenvalue weighted by Gasteiger charge is 2.06. The molecule has 0 spiro atoms. The monoisotopic (exact) mass is 350 g/mol. The van der Waals surface area contributed by atoms with Crippen LogP contribution in [0.2, 0.25) is 5.02 Å². The zero-order chi connectivity index (χ0) is 15.5. The fourth-order valence-electron chi connectivity index (χ4n) is 1.78. The summed E-state index contributed by atoms with van der Waals surface area (Å²) in [6, 6.07) is 12.9. The third kappa shape index (κ3) is 3.56. The lowest BCUT2D eigenvalue weighted by molar-refractivity contribution is 0.483. The van der Waals surface area contributed by atoms with Crippen LogP contribution in [0, 0.1) is 0 Å². The van der Waals surface area contributed by atoms with E-state index in [0.717, 1.165) is 21.7 Å². The van der Waals surface area contributed by atoms with Gasteiger partial charge in [0.15, 0.2) is 5.11 Å². The Bertz CT molecular complexity index is 819. The third-order valence-corrected chi connectivity index (χ3v) is 3.99. The van der Waals surface area contributed by atoms with Crippen LogP contribution in [-0.2, 0) is 0 Å². The van der Waals surface area contributed by atoms with Crippen molar-refractivity contribution in [3.8, 4) is 11.5 Å². The lowest BCUT2D eigenvalue weighted by Gasteiger charge is -2.05. The summed E-state index contributed by atoms with van der Waals surface area (Å²) in [6.07, 6.45) is 0. The maximum atomic E-state index is 5.85. The molecule has 1 heterocycles. The predicted molar refractivity (Wildman–Crippen MR) is 94.7 cm³/mol. The molecule has 0 amide bonds. The van der Waals surface area contributed by atoms with Crippen molar-refractivity contribution in [2.45, 2.75) is 0 Å². The van der Waals surface area contributed by atoms with Crippen molar-refractivity contribution < 1.29 is 4.74 Å². The van der Waals surface area contributed by atoms with Gasteiger partial charge in [0.1, 0.15) is 11.5 Å². The van der Waals surface area contributed by atoms with Crippen molar-refractivity contribution in [3.05, 3.63) is 47.5 Å². The normalized spacial score (nSPS) is 10.4. The minimum absolute atomic E-state index is 0.158. The number of halogens is 1. The van der Waals surface area contributed by atoms with Crippen LogP contribution >= 0.6 is 35.2 Å². The molecule has 8 heteroatoms. The number of nitrogens with two attached hydrogens (primary N) is 1. The van der Waals surface area contributed by atoms with Crippen molar-refractivity contribution in [2.24, 2.45) is 5.73 Å². The summed E-state index contributed by atoms with van der Waals surface area (Å²) < 4.78 is 6.78. The van der Waals surface area contributed by atoms with Crippen LogP contribution in [0.15, 0.2) is 42.5 Å². The molecule has 0 saturated carbocycles. The Labute approximate surface area is 141 Å². The summed E-state index contributed by atoms with van der Waals surface area (Å²) >= 11 is 12.0. The van der Waals surface area contributed by atoms with Crippen LogP contribution in [0.4, 0.5) is 5.13 Å². The molecule has 0 bridgehead atoms. The predicted octanol–water partition coefficient (Wildman–Crippen LogP) is 3.90. The highest BCUT2D eigenvalue weighted by atomic mass is 35.5. The number of fused-ring (bicyclic) bond motifs is 1. The molecule has 0 atom stereocenters. The molecule has 3 aromatic rings. The smallest absolute Gasteiger partial charge is 0.202 e. The van der Waals surface area contributed by atoms with Gasteiger partial charge in [-0.05, 0) is 48.6 Å². The first kappa shape index (κ1) is 14.8. The van der Waals surface area contributed by atoms with E-state index in [1.165, 1.54) is 11.3 Å². The Morgan fingerprint density at radius 1 is 1.18 bits per heavy atom. The van der Waals surface area contributed by atoms with Gasteiger partial charge < -0.3 is 10.5 Å². The van der Waals surface area contributed by atoms with Gasteiger partial charge in [0, 0.05) is 11.1 Å². The van der Waals surface area contributed by atoms with Gasteiger partial charge in [0.2, 0.25) is 5.13 Å². The number of hydrogen-bond donors (Lipinski definition) is 3. The maximum absolute atomic E-state index is 5.85. The summed E-state index contributed by atoms with van der Waals surface area (Å²) in [5, 5.41) is 1.50. The number of thiazole rings is 1. The van der Waals surface area contributed by atoms with Crippen molar-refractivity contribution in [2.75, 3.05) is 5.43 Å². The van der Waals surface area contributed by atoms with Gasteiger partial charge in [-0.1, -0.05) is 22.9 Å². The largest absolute Gasteiger partial charge is 0.457 e. The zero-order valence-electron chi connectivity index (χ0n) is 11.2. The molecule has 5 nitrogen and oxygen atoms in total. The van der Waals surface area contributed by atoms with Gasteiger partial charge in [0.25, 0.3) is 0 Å². The highest BCUT2D eigenvalue weighted by Crippen LogP contribution is 2.31. The van der Waals surface area contributed by atoms with Gasteiger partial charge in [-0.25, -0.2) is 4.98 Å². The second-order valence-electron chi connectivity index (χ2n) is 4.32. The number of nitrogens with zero attached hydrogens (tertiary/aromatic N) is 1. The average molecular weight is 351 g/mol. The van der Waals surface area contributed by atoms with Crippen LogP contribution in [0.5, 0.6) is 11.5 Å². The fraction of sp³-hybridized carbons (Fsp3) is 0. The van der Waals surface area contributed by atoms with E-state index in [1.54, 1.807) is 12.1 Å². The van der Waals surface area contributed by atoms with E-state index in [0.29, 0.717) is 10.2 Å². The molecule has 3 rings (SSSR count). The Hall–Kier alpha value is -2.09. The van der Waals surface area contributed by atoms with Gasteiger partial charge in [-0.3, -0.25) is 10.9 Å². The quantitative estimate of drug-likeness (QED) is 0.489. The van der Waals surface area contributed by atoms with E-state index in [4.69, 9.17) is 34.3 Å².